The number of ether oxygens (including phenoxy) is 1. The van der Waals surface area contributed by atoms with Crippen LogP contribution < -0.4 is 10.1 Å². The Morgan fingerprint density at radius 2 is 1.87 bits per heavy atom. The molecule has 23 heavy (non-hydrogen) atoms. The molecule has 0 heterocycles. The fourth-order valence-corrected chi connectivity index (χ4v) is 2.44. The summed E-state index contributed by atoms with van der Waals surface area (Å²) in [6.45, 7) is 0. The van der Waals surface area contributed by atoms with Crippen molar-refractivity contribution in [2.75, 3.05) is 18.7 Å². The third kappa shape index (κ3) is 3.98. The lowest BCUT2D eigenvalue weighted by Crippen LogP contribution is -2.17. The lowest BCUT2D eigenvalue weighted by Gasteiger charge is -2.15. The number of anilines is 1. The molecule has 1 amide bonds. The van der Waals surface area contributed by atoms with E-state index in [9.17, 15) is 18.0 Å². The number of carbonyl (C=O) groups excluding carboxylic acids is 1. The molecule has 2 aromatic carbocycles. The first-order chi connectivity index (χ1) is 10.9. The number of para-hydroxylation sites is 1. The maximum absolute atomic E-state index is 13.0. The van der Waals surface area contributed by atoms with Gasteiger partial charge in [0.15, 0.2) is 0 Å². The summed E-state index contributed by atoms with van der Waals surface area (Å²) in [6, 6.07) is 9.72. The van der Waals surface area contributed by atoms with E-state index >= 15 is 0 Å². The Morgan fingerprint density at radius 1 is 1.17 bits per heavy atom. The average molecular weight is 341 g/mol. The summed E-state index contributed by atoms with van der Waals surface area (Å²) in [5, 5.41) is 2.30. The van der Waals surface area contributed by atoms with E-state index in [1.165, 1.54) is 43.1 Å². The highest BCUT2D eigenvalue weighted by Gasteiger charge is 2.33. The first-order valence-electron chi connectivity index (χ1n) is 6.56. The number of thioether (sulfide) groups is 1. The first kappa shape index (κ1) is 17.2. The molecule has 0 atom stereocenters. The Balaban J connectivity index is 2.34. The molecular weight excluding hydrogens is 327 g/mol. The van der Waals surface area contributed by atoms with Crippen molar-refractivity contribution in [1.82, 2.24) is 0 Å². The Morgan fingerprint density at radius 3 is 2.48 bits per heavy atom. The molecule has 2 rings (SSSR count). The molecule has 122 valence electrons. The van der Waals surface area contributed by atoms with E-state index in [1.54, 1.807) is 12.1 Å². The molecule has 0 fully saturated rings. The van der Waals surface area contributed by atoms with Crippen LogP contribution in [0.2, 0.25) is 0 Å². The molecule has 0 saturated carbocycles. The van der Waals surface area contributed by atoms with Crippen LogP contribution in [-0.4, -0.2) is 19.3 Å². The Bertz CT molecular complexity index is 717. The number of methoxy groups -OCH3 is 1. The molecule has 7 heteroatoms. The van der Waals surface area contributed by atoms with Gasteiger partial charge in [0, 0.05) is 4.90 Å². The van der Waals surface area contributed by atoms with Gasteiger partial charge in [-0.3, -0.25) is 4.79 Å². The van der Waals surface area contributed by atoms with Crippen LogP contribution in [0.3, 0.4) is 0 Å². The van der Waals surface area contributed by atoms with Gasteiger partial charge < -0.3 is 10.1 Å². The van der Waals surface area contributed by atoms with Gasteiger partial charge in [0.2, 0.25) is 0 Å². The first-order valence-corrected chi connectivity index (χ1v) is 7.79. The normalized spacial score (nSPS) is 11.2. The molecule has 0 saturated heterocycles. The van der Waals surface area contributed by atoms with Crippen LogP contribution >= 0.6 is 11.8 Å². The molecule has 1 N–H and O–H groups in total. The van der Waals surface area contributed by atoms with Crippen molar-refractivity contribution >= 4 is 23.4 Å². The predicted molar refractivity (Wildman–Crippen MR) is 84.2 cm³/mol. The molecule has 0 aliphatic heterocycles. The summed E-state index contributed by atoms with van der Waals surface area (Å²) in [5.74, 6) is -0.356. The molecule has 0 aromatic heterocycles. The number of hydrogen-bond donors (Lipinski definition) is 1. The molecular formula is C16H14F3NO2S. The van der Waals surface area contributed by atoms with Gasteiger partial charge >= 0.3 is 6.18 Å². The molecule has 2 aromatic rings. The van der Waals surface area contributed by atoms with Crippen LogP contribution in [0.5, 0.6) is 5.75 Å². The van der Waals surface area contributed by atoms with Crippen LogP contribution in [0.15, 0.2) is 47.4 Å². The van der Waals surface area contributed by atoms with Crippen molar-refractivity contribution in [3.05, 3.63) is 53.6 Å². The number of carbonyl (C=O) groups is 1. The topological polar surface area (TPSA) is 38.3 Å². The van der Waals surface area contributed by atoms with E-state index < -0.39 is 17.6 Å². The SMILES string of the molecule is COc1cc(SC)ccc1C(=O)Nc1ccccc1C(F)(F)F. The number of alkyl halides is 3. The van der Waals surface area contributed by atoms with Crippen molar-refractivity contribution in [2.45, 2.75) is 11.1 Å². The van der Waals surface area contributed by atoms with Gasteiger partial charge in [0.25, 0.3) is 5.91 Å². The Kier molecular flexibility index (Phi) is 5.20. The second-order valence-corrected chi connectivity index (χ2v) is 5.44. The van der Waals surface area contributed by atoms with E-state index in [4.69, 9.17) is 4.74 Å². The Labute approximate surface area is 135 Å². The van der Waals surface area contributed by atoms with E-state index in [-0.39, 0.29) is 11.3 Å². The van der Waals surface area contributed by atoms with Gasteiger partial charge in [-0.25, -0.2) is 0 Å². The molecule has 0 aliphatic rings. The maximum Gasteiger partial charge on any atom is 0.418 e. The third-order valence-electron chi connectivity index (χ3n) is 3.13. The highest BCUT2D eigenvalue weighted by atomic mass is 32.2. The third-order valence-corrected chi connectivity index (χ3v) is 3.86. The van der Waals surface area contributed by atoms with Crippen LogP contribution in [-0.2, 0) is 6.18 Å². The zero-order valence-electron chi connectivity index (χ0n) is 12.4. The van der Waals surface area contributed by atoms with Gasteiger partial charge in [-0.2, -0.15) is 13.2 Å². The van der Waals surface area contributed by atoms with Crippen LogP contribution in [0.1, 0.15) is 15.9 Å². The molecule has 0 unspecified atom stereocenters. The summed E-state index contributed by atoms with van der Waals surface area (Å²) in [5.41, 5.74) is -1.02. The molecule has 0 spiro atoms. The van der Waals surface area contributed by atoms with Crippen LogP contribution in [0.25, 0.3) is 0 Å². The fraction of sp³-hybridized carbons (Fsp3) is 0.188. The Hall–Kier alpha value is -2.15. The van der Waals surface area contributed by atoms with Crippen molar-refractivity contribution < 1.29 is 22.7 Å². The predicted octanol–water partition coefficient (Wildman–Crippen LogP) is 4.69. The quantitative estimate of drug-likeness (QED) is 0.820. The number of halogens is 3. The number of hydrogen-bond acceptors (Lipinski definition) is 3. The minimum absolute atomic E-state index is 0.169. The van der Waals surface area contributed by atoms with Crippen molar-refractivity contribution in [3.63, 3.8) is 0 Å². The fourth-order valence-electron chi connectivity index (χ4n) is 2.02. The van der Waals surface area contributed by atoms with Gasteiger partial charge in [-0.05, 0) is 36.6 Å². The number of amides is 1. The van der Waals surface area contributed by atoms with E-state index in [2.05, 4.69) is 5.32 Å². The molecule has 0 radical (unpaired) electrons. The summed E-state index contributed by atoms with van der Waals surface area (Å²) in [4.78, 5) is 13.2. The summed E-state index contributed by atoms with van der Waals surface area (Å²) in [7, 11) is 1.40. The van der Waals surface area contributed by atoms with Crippen LogP contribution in [0, 0.1) is 0 Å². The second-order valence-electron chi connectivity index (χ2n) is 4.56. The number of benzene rings is 2. The van der Waals surface area contributed by atoms with E-state index in [0.29, 0.717) is 5.75 Å². The zero-order valence-corrected chi connectivity index (χ0v) is 13.2. The monoisotopic (exact) mass is 341 g/mol. The number of rotatable bonds is 4. The van der Waals surface area contributed by atoms with Crippen molar-refractivity contribution in [2.24, 2.45) is 0 Å². The van der Waals surface area contributed by atoms with Crippen molar-refractivity contribution in [3.8, 4) is 5.75 Å². The minimum Gasteiger partial charge on any atom is -0.496 e. The summed E-state index contributed by atoms with van der Waals surface area (Å²) in [6.07, 6.45) is -2.68. The van der Waals surface area contributed by atoms with Crippen LogP contribution in [0.4, 0.5) is 18.9 Å². The largest absolute Gasteiger partial charge is 0.496 e. The highest BCUT2D eigenvalue weighted by molar-refractivity contribution is 7.98. The van der Waals surface area contributed by atoms with Gasteiger partial charge in [0.05, 0.1) is 23.9 Å². The summed E-state index contributed by atoms with van der Waals surface area (Å²) < 4.78 is 44.0. The smallest absolute Gasteiger partial charge is 0.418 e. The summed E-state index contributed by atoms with van der Waals surface area (Å²) >= 11 is 1.47. The van der Waals surface area contributed by atoms with E-state index in [1.807, 2.05) is 6.26 Å². The van der Waals surface area contributed by atoms with E-state index in [0.717, 1.165) is 11.0 Å². The second kappa shape index (κ2) is 6.95. The molecule has 3 nitrogen and oxygen atoms in total. The average Bonchev–Trinajstić information content (AvgIpc) is 2.53. The van der Waals surface area contributed by atoms with Gasteiger partial charge in [0.1, 0.15) is 5.75 Å². The highest BCUT2D eigenvalue weighted by Crippen LogP contribution is 2.35. The van der Waals surface area contributed by atoms with Crippen molar-refractivity contribution in [1.29, 1.82) is 0 Å². The lowest BCUT2D eigenvalue weighted by atomic mass is 10.1. The molecule has 0 aliphatic carbocycles. The minimum atomic E-state index is -4.54. The standard InChI is InChI=1S/C16H14F3NO2S/c1-22-14-9-10(23-2)7-8-11(14)15(21)20-13-6-4-3-5-12(13)16(17,18)19/h3-9H,1-2H3,(H,20,21). The zero-order chi connectivity index (χ0) is 17.0. The number of nitrogens with one attached hydrogen (secondary N) is 1. The van der Waals surface area contributed by atoms with Gasteiger partial charge in [-0.15, -0.1) is 11.8 Å². The maximum atomic E-state index is 13.0. The van der Waals surface area contributed by atoms with Gasteiger partial charge in [-0.1, -0.05) is 12.1 Å². The lowest BCUT2D eigenvalue weighted by molar-refractivity contribution is -0.136. The molecule has 0 bridgehead atoms.